The lowest BCUT2D eigenvalue weighted by molar-refractivity contribution is -0.161. The highest BCUT2D eigenvalue weighted by molar-refractivity contribution is 7.47. The number of hydrogen-bond donors (Lipinski definition) is 3. The smallest absolute Gasteiger partial charge is 0.462 e. The van der Waals surface area contributed by atoms with Crippen LogP contribution in [0, 0.1) is 0 Å². The number of rotatable bonds is 75. The fourth-order valence-electron chi connectivity index (χ4n) is 11.4. The second-order valence-electron chi connectivity index (χ2n) is 26.7. The highest BCUT2D eigenvalue weighted by Crippen LogP contribution is 2.45. The molecule has 0 aliphatic heterocycles. The van der Waals surface area contributed by atoms with Crippen LogP contribution >= 0.6 is 15.6 Å². The number of phosphoric acid groups is 2. The number of aliphatic hydroxyl groups is 1. The molecular formula is C74H144O17P2. The van der Waals surface area contributed by atoms with Crippen LogP contribution in [0.2, 0.25) is 0 Å². The minimum Gasteiger partial charge on any atom is -0.462 e. The first kappa shape index (κ1) is 91.1. The summed E-state index contributed by atoms with van der Waals surface area (Å²) in [5, 5.41) is 10.6. The number of esters is 4. The van der Waals surface area contributed by atoms with Gasteiger partial charge in [0.25, 0.3) is 0 Å². The molecule has 0 fully saturated rings. The number of unbranched alkanes of at least 4 members (excludes halogenated alkanes) is 49. The molecule has 0 saturated heterocycles. The molecule has 0 aromatic rings. The van der Waals surface area contributed by atoms with Crippen LogP contribution in [0.25, 0.3) is 0 Å². The molecule has 3 N–H and O–H groups in total. The zero-order valence-corrected chi connectivity index (χ0v) is 62.0. The predicted octanol–water partition coefficient (Wildman–Crippen LogP) is 21.8. The first-order chi connectivity index (χ1) is 45.2. The van der Waals surface area contributed by atoms with E-state index in [0.29, 0.717) is 25.7 Å². The average molecular weight is 1370 g/mol. The zero-order chi connectivity index (χ0) is 68.2. The fourth-order valence-corrected chi connectivity index (χ4v) is 13.0. The average Bonchev–Trinajstić information content (AvgIpc) is 3.31. The maximum atomic E-state index is 13.1. The number of hydrogen-bond acceptors (Lipinski definition) is 15. The SMILES string of the molecule is CCCCCCCCCCCCCCCCCCCCC(=O)O[C@H](COC(=O)CCCCCCCCCCCCCC)COP(=O)(O)OC[C@@H](O)COP(=O)(O)OC[C@@H](COC(=O)CCCCCCCCCCCCC)OC(=O)CCCCCCCCCCCCCC. The normalized spacial score (nSPS) is 13.9. The van der Waals surface area contributed by atoms with Gasteiger partial charge in [0.15, 0.2) is 12.2 Å². The summed E-state index contributed by atoms with van der Waals surface area (Å²) in [6.45, 7) is 4.98. The lowest BCUT2D eigenvalue weighted by Gasteiger charge is -2.21. The molecule has 0 bridgehead atoms. The summed E-state index contributed by atoms with van der Waals surface area (Å²) in [7, 11) is -9.90. The second-order valence-corrected chi connectivity index (χ2v) is 29.6. The summed E-state index contributed by atoms with van der Waals surface area (Å²) in [5.74, 6) is -2.11. The second kappa shape index (κ2) is 68.6. The van der Waals surface area contributed by atoms with Gasteiger partial charge in [-0.1, -0.05) is 342 Å². The summed E-state index contributed by atoms with van der Waals surface area (Å²) in [5.41, 5.74) is 0. The van der Waals surface area contributed by atoms with Gasteiger partial charge < -0.3 is 33.8 Å². The molecule has 2 unspecified atom stereocenters. The van der Waals surface area contributed by atoms with Gasteiger partial charge in [-0.2, -0.15) is 0 Å². The third-order valence-electron chi connectivity index (χ3n) is 17.4. The number of carbonyl (C=O) groups excluding carboxylic acids is 4. The monoisotopic (exact) mass is 1370 g/mol. The van der Waals surface area contributed by atoms with E-state index in [1.165, 1.54) is 225 Å². The molecule has 0 aliphatic carbocycles. The van der Waals surface area contributed by atoms with Crippen molar-refractivity contribution in [3.63, 3.8) is 0 Å². The van der Waals surface area contributed by atoms with Crippen molar-refractivity contribution in [2.75, 3.05) is 39.6 Å². The van der Waals surface area contributed by atoms with E-state index < -0.39 is 97.5 Å². The number of carbonyl (C=O) groups is 4. The maximum Gasteiger partial charge on any atom is 0.472 e. The lowest BCUT2D eigenvalue weighted by Crippen LogP contribution is -2.30. The minimum atomic E-state index is -4.95. The highest BCUT2D eigenvalue weighted by Gasteiger charge is 2.30. The van der Waals surface area contributed by atoms with Crippen molar-refractivity contribution in [1.29, 1.82) is 0 Å². The Bertz CT molecular complexity index is 1770. The molecule has 0 amide bonds. The first-order valence-corrected chi connectivity index (χ1v) is 41.8. The van der Waals surface area contributed by atoms with Crippen molar-refractivity contribution in [1.82, 2.24) is 0 Å². The summed E-state index contributed by atoms with van der Waals surface area (Å²) in [4.78, 5) is 72.7. The van der Waals surface area contributed by atoms with Crippen LogP contribution < -0.4 is 0 Å². The summed E-state index contributed by atoms with van der Waals surface area (Å²) < 4.78 is 68.4. The van der Waals surface area contributed by atoms with Gasteiger partial charge >= 0.3 is 39.5 Å². The molecule has 17 nitrogen and oxygen atoms in total. The molecular weight excluding hydrogens is 1220 g/mol. The van der Waals surface area contributed by atoms with Crippen LogP contribution in [0.15, 0.2) is 0 Å². The number of aliphatic hydroxyl groups excluding tert-OH is 1. The molecule has 0 heterocycles. The standard InChI is InChI=1S/C74H144O17P2/c1-5-9-13-17-21-25-29-32-33-34-35-36-37-41-45-49-53-57-61-74(79)91-70(65-85-72(77)59-55-51-47-43-39-30-26-22-18-14-10-6-2)67-89-93(82,83)87-63-68(75)62-86-92(80,81)88-66-69(64-84-71(76)58-54-50-46-42-38-28-24-20-16-12-8-4)90-73(78)60-56-52-48-44-40-31-27-23-19-15-11-7-3/h68-70,75H,5-67H2,1-4H3,(H,80,81)(H,82,83)/t68-,69+,70+/m0/s1. The van der Waals surface area contributed by atoms with Crippen LogP contribution in [0.5, 0.6) is 0 Å². The Balaban J connectivity index is 5.22. The van der Waals surface area contributed by atoms with Crippen molar-refractivity contribution < 1.29 is 80.2 Å². The van der Waals surface area contributed by atoms with Crippen molar-refractivity contribution >= 4 is 39.5 Å². The van der Waals surface area contributed by atoms with E-state index in [1.54, 1.807) is 0 Å². The molecule has 0 spiro atoms. The van der Waals surface area contributed by atoms with E-state index in [0.717, 1.165) is 89.9 Å². The lowest BCUT2D eigenvalue weighted by atomic mass is 10.0. The Hall–Kier alpha value is -1.94. The van der Waals surface area contributed by atoms with E-state index in [-0.39, 0.29) is 25.7 Å². The first-order valence-electron chi connectivity index (χ1n) is 38.8. The van der Waals surface area contributed by atoms with Gasteiger partial charge in [-0.15, -0.1) is 0 Å². The van der Waals surface area contributed by atoms with Crippen LogP contribution in [0.4, 0.5) is 0 Å². The summed E-state index contributed by atoms with van der Waals surface area (Å²) >= 11 is 0. The Kier molecular flexibility index (Phi) is 67.1. The Morgan fingerprint density at radius 2 is 0.430 bits per heavy atom. The topological polar surface area (TPSA) is 237 Å². The zero-order valence-electron chi connectivity index (χ0n) is 60.2. The van der Waals surface area contributed by atoms with Crippen LogP contribution in [-0.2, 0) is 65.4 Å². The van der Waals surface area contributed by atoms with Crippen molar-refractivity contribution in [2.45, 2.75) is 412 Å². The van der Waals surface area contributed by atoms with Gasteiger partial charge in [-0.3, -0.25) is 37.3 Å². The molecule has 0 aliphatic rings. The molecule has 0 radical (unpaired) electrons. The van der Waals surface area contributed by atoms with Gasteiger partial charge in [0.05, 0.1) is 26.4 Å². The maximum absolute atomic E-state index is 13.1. The third kappa shape index (κ3) is 68.4. The molecule has 5 atom stereocenters. The van der Waals surface area contributed by atoms with Crippen LogP contribution in [-0.4, -0.2) is 96.7 Å². The molecule has 19 heteroatoms. The Labute approximate surface area is 568 Å². The summed E-state index contributed by atoms with van der Waals surface area (Å²) in [6, 6.07) is 0. The van der Waals surface area contributed by atoms with E-state index in [4.69, 9.17) is 37.0 Å². The summed E-state index contributed by atoms with van der Waals surface area (Å²) in [6.07, 6.45) is 58.1. The van der Waals surface area contributed by atoms with E-state index in [1.807, 2.05) is 0 Å². The minimum absolute atomic E-state index is 0.108. The van der Waals surface area contributed by atoms with E-state index in [9.17, 15) is 43.2 Å². The van der Waals surface area contributed by atoms with Gasteiger partial charge in [0.1, 0.15) is 19.3 Å². The van der Waals surface area contributed by atoms with Crippen molar-refractivity contribution in [2.24, 2.45) is 0 Å². The molecule has 0 aromatic carbocycles. The van der Waals surface area contributed by atoms with Gasteiger partial charge in [0, 0.05) is 25.7 Å². The Morgan fingerprint density at radius 3 is 0.634 bits per heavy atom. The molecule has 93 heavy (non-hydrogen) atoms. The predicted molar refractivity (Wildman–Crippen MR) is 377 cm³/mol. The number of ether oxygens (including phenoxy) is 4. The van der Waals surface area contributed by atoms with Crippen LogP contribution in [0.1, 0.15) is 394 Å². The van der Waals surface area contributed by atoms with E-state index in [2.05, 4.69) is 27.7 Å². The Morgan fingerprint density at radius 1 is 0.258 bits per heavy atom. The molecule has 0 rings (SSSR count). The van der Waals surface area contributed by atoms with Gasteiger partial charge in [0.2, 0.25) is 0 Å². The largest absolute Gasteiger partial charge is 0.472 e. The van der Waals surface area contributed by atoms with Crippen molar-refractivity contribution in [3.8, 4) is 0 Å². The fraction of sp³-hybridized carbons (Fsp3) is 0.946. The van der Waals surface area contributed by atoms with Crippen LogP contribution in [0.3, 0.4) is 0 Å². The van der Waals surface area contributed by atoms with Crippen molar-refractivity contribution in [3.05, 3.63) is 0 Å². The van der Waals surface area contributed by atoms with Gasteiger partial charge in [-0.05, 0) is 25.7 Å². The van der Waals surface area contributed by atoms with Gasteiger partial charge in [-0.25, -0.2) is 9.13 Å². The number of phosphoric ester groups is 2. The quantitative estimate of drug-likeness (QED) is 0.0222. The third-order valence-corrected chi connectivity index (χ3v) is 19.3. The molecule has 0 aromatic heterocycles. The molecule has 0 saturated carbocycles. The van der Waals surface area contributed by atoms with E-state index >= 15 is 0 Å². The molecule has 552 valence electrons. The highest BCUT2D eigenvalue weighted by atomic mass is 31.2.